The lowest BCUT2D eigenvalue weighted by atomic mass is 10.1. The molecule has 77 heavy (non-hydrogen) atoms. The van der Waals surface area contributed by atoms with Gasteiger partial charge in [-0.05, 0) is 141 Å². The van der Waals surface area contributed by atoms with Gasteiger partial charge in [0, 0.05) is 19.3 Å². The third-order valence-corrected chi connectivity index (χ3v) is 12.5. The van der Waals surface area contributed by atoms with Crippen molar-refractivity contribution >= 4 is 17.9 Å². The molecule has 0 saturated heterocycles. The van der Waals surface area contributed by atoms with E-state index in [0.717, 1.165) is 154 Å². The van der Waals surface area contributed by atoms with Crippen molar-refractivity contribution in [2.75, 3.05) is 13.2 Å². The lowest BCUT2D eigenvalue weighted by molar-refractivity contribution is -0.167. The van der Waals surface area contributed by atoms with E-state index in [2.05, 4.69) is 179 Å². The summed E-state index contributed by atoms with van der Waals surface area (Å²) in [6.45, 7) is 6.33. The normalized spacial score (nSPS) is 13.2. The van der Waals surface area contributed by atoms with Gasteiger partial charge in [0.15, 0.2) is 6.10 Å². The topological polar surface area (TPSA) is 78.9 Å². The molecule has 1 atom stereocenters. The maximum atomic E-state index is 12.9. The van der Waals surface area contributed by atoms with Crippen LogP contribution in [0.25, 0.3) is 0 Å². The van der Waals surface area contributed by atoms with E-state index in [1.807, 2.05) is 0 Å². The average Bonchev–Trinajstić information content (AvgIpc) is 3.43. The zero-order valence-corrected chi connectivity index (χ0v) is 49.4. The quantitative estimate of drug-likeness (QED) is 0.0261. The minimum atomic E-state index is -0.822. The molecule has 6 heteroatoms. The highest BCUT2D eigenvalue weighted by Gasteiger charge is 2.19. The molecule has 0 aliphatic heterocycles. The maximum absolute atomic E-state index is 12.9. The number of rotatable bonds is 54. The summed E-state index contributed by atoms with van der Waals surface area (Å²) in [4.78, 5) is 38.2. The third-order valence-electron chi connectivity index (χ3n) is 12.5. The fourth-order valence-corrected chi connectivity index (χ4v) is 7.92. The number of esters is 3. The van der Waals surface area contributed by atoms with E-state index in [-0.39, 0.29) is 44.0 Å². The minimum absolute atomic E-state index is 0.113. The van der Waals surface area contributed by atoms with Crippen molar-refractivity contribution in [3.63, 3.8) is 0 Å². The van der Waals surface area contributed by atoms with Crippen molar-refractivity contribution in [1.29, 1.82) is 0 Å². The Bertz CT molecular complexity index is 1740. The molecule has 0 aromatic heterocycles. The van der Waals surface area contributed by atoms with Crippen molar-refractivity contribution in [3.05, 3.63) is 158 Å². The first-order valence-electron chi connectivity index (χ1n) is 31.0. The molecule has 0 radical (unpaired) electrons. The molecule has 0 aliphatic rings. The summed E-state index contributed by atoms with van der Waals surface area (Å²) in [7, 11) is 0. The second-order valence-electron chi connectivity index (χ2n) is 19.8. The van der Waals surface area contributed by atoms with Crippen LogP contribution in [0.4, 0.5) is 0 Å². The summed E-state index contributed by atoms with van der Waals surface area (Å²) in [6.07, 6.45) is 92.5. The molecule has 0 N–H and O–H groups in total. The van der Waals surface area contributed by atoms with Crippen LogP contribution in [-0.2, 0) is 28.6 Å². The van der Waals surface area contributed by atoms with Crippen LogP contribution in [0.5, 0.6) is 0 Å². The smallest absolute Gasteiger partial charge is 0.306 e. The molecule has 0 spiro atoms. The summed E-state index contributed by atoms with van der Waals surface area (Å²) in [5.74, 6) is -1.01. The maximum Gasteiger partial charge on any atom is 0.306 e. The Morgan fingerprint density at radius 1 is 0.273 bits per heavy atom. The van der Waals surface area contributed by atoms with Crippen LogP contribution in [-0.4, -0.2) is 37.2 Å². The number of unbranched alkanes of at least 4 members (excludes halogenated alkanes) is 17. The summed E-state index contributed by atoms with van der Waals surface area (Å²) in [5, 5.41) is 0. The number of allylic oxidation sites excluding steroid dienone is 26. The first kappa shape index (κ1) is 72.0. The highest BCUT2D eigenvalue weighted by atomic mass is 16.6. The molecule has 0 bridgehead atoms. The van der Waals surface area contributed by atoms with E-state index < -0.39 is 6.10 Å². The van der Waals surface area contributed by atoms with Gasteiger partial charge in [-0.25, -0.2) is 0 Å². The Labute approximate surface area is 473 Å². The van der Waals surface area contributed by atoms with Gasteiger partial charge in [0.2, 0.25) is 0 Å². The lowest BCUT2D eigenvalue weighted by Gasteiger charge is -2.18. The van der Waals surface area contributed by atoms with Crippen molar-refractivity contribution < 1.29 is 28.6 Å². The number of hydrogen-bond acceptors (Lipinski definition) is 6. The molecule has 0 fully saturated rings. The fourth-order valence-electron chi connectivity index (χ4n) is 7.92. The first-order valence-corrected chi connectivity index (χ1v) is 31.0. The zero-order chi connectivity index (χ0) is 55.7. The predicted molar refractivity (Wildman–Crippen MR) is 334 cm³/mol. The molecule has 0 rings (SSSR count). The first-order chi connectivity index (χ1) is 38.0. The van der Waals surface area contributed by atoms with E-state index in [1.54, 1.807) is 0 Å². The second kappa shape index (κ2) is 63.6. The van der Waals surface area contributed by atoms with Gasteiger partial charge in [-0.2, -0.15) is 0 Å². The third kappa shape index (κ3) is 61.8. The van der Waals surface area contributed by atoms with E-state index in [9.17, 15) is 14.4 Å². The molecule has 0 heterocycles. The van der Waals surface area contributed by atoms with Crippen LogP contribution in [0.2, 0.25) is 0 Å². The van der Waals surface area contributed by atoms with Gasteiger partial charge in [-0.3, -0.25) is 14.4 Å². The van der Waals surface area contributed by atoms with Crippen molar-refractivity contribution in [1.82, 2.24) is 0 Å². The standard InChI is InChI=1S/C71H112O6/c1-4-7-10-13-16-19-22-25-28-29-30-31-32-33-34-35-36-37-38-39-40-41-44-46-49-52-55-58-61-64-70(73)76-67-68(77-71(74)65-62-59-56-53-50-47-43-27-24-21-18-15-12-9-6-3)66-75-69(72)63-60-57-54-51-48-45-42-26-23-20-17-14-11-8-5-2/h7,9-10,12,16,18-19,21,25-28,30-31,33-34,36-37,39-40,42-44,46,52,55,68H,4-6,8,11,13-15,17,20,22-24,29,32,35,38,41,45,47-51,53-54,56-67H2,1-3H3/b10-7-,12-9-,19-16-,21-18-,28-25-,31-30-,34-33-,37-36-,40-39-,42-26-,43-27-,46-44-,55-52-. The summed E-state index contributed by atoms with van der Waals surface area (Å²) < 4.78 is 16.8. The Morgan fingerprint density at radius 2 is 0.519 bits per heavy atom. The van der Waals surface area contributed by atoms with Crippen LogP contribution in [0.1, 0.15) is 252 Å². The molecule has 6 nitrogen and oxygen atoms in total. The average molecular weight is 1060 g/mol. The molecule has 0 amide bonds. The minimum Gasteiger partial charge on any atom is -0.462 e. The summed E-state index contributed by atoms with van der Waals surface area (Å²) in [5.41, 5.74) is 0. The number of hydrogen-bond donors (Lipinski definition) is 0. The Hall–Kier alpha value is -4.97. The van der Waals surface area contributed by atoms with Gasteiger partial charge < -0.3 is 14.2 Å². The zero-order valence-electron chi connectivity index (χ0n) is 49.4. The summed E-state index contributed by atoms with van der Waals surface area (Å²) in [6, 6.07) is 0. The number of carbonyl (C=O) groups is 3. The monoisotopic (exact) mass is 1060 g/mol. The molecule has 0 aromatic carbocycles. The van der Waals surface area contributed by atoms with Crippen LogP contribution < -0.4 is 0 Å². The lowest BCUT2D eigenvalue weighted by Crippen LogP contribution is -2.30. The Balaban J connectivity index is 4.48. The number of carbonyl (C=O) groups excluding carboxylic acids is 3. The fraction of sp³-hybridized carbons (Fsp3) is 0.592. The molecule has 0 aromatic rings. The largest absolute Gasteiger partial charge is 0.462 e. The van der Waals surface area contributed by atoms with Crippen molar-refractivity contribution in [2.24, 2.45) is 0 Å². The van der Waals surface area contributed by atoms with Crippen molar-refractivity contribution in [2.45, 2.75) is 258 Å². The molecule has 0 aliphatic carbocycles. The predicted octanol–water partition coefficient (Wildman–Crippen LogP) is 21.3. The molecule has 0 saturated carbocycles. The van der Waals surface area contributed by atoms with Gasteiger partial charge in [0.25, 0.3) is 0 Å². The van der Waals surface area contributed by atoms with Gasteiger partial charge in [0.05, 0.1) is 0 Å². The van der Waals surface area contributed by atoms with Crippen LogP contribution in [0.15, 0.2) is 158 Å². The van der Waals surface area contributed by atoms with Crippen LogP contribution in [0.3, 0.4) is 0 Å². The number of ether oxygens (including phenoxy) is 3. The van der Waals surface area contributed by atoms with Gasteiger partial charge in [-0.1, -0.05) is 249 Å². The van der Waals surface area contributed by atoms with Crippen molar-refractivity contribution in [3.8, 4) is 0 Å². The highest BCUT2D eigenvalue weighted by molar-refractivity contribution is 5.71. The summed E-state index contributed by atoms with van der Waals surface area (Å²) >= 11 is 0. The van der Waals surface area contributed by atoms with E-state index in [1.165, 1.54) is 51.4 Å². The van der Waals surface area contributed by atoms with Gasteiger partial charge >= 0.3 is 17.9 Å². The van der Waals surface area contributed by atoms with Gasteiger partial charge in [0.1, 0.15) is 13.2 Å². The molecular formula is C71H112O6. The molecular weight excluding hydrogens is 949 g/mol. The van der Waals surface area contributed by atoms with E-state index >= 15 is 0 Å². The van der Waals surface area contributed by atoms with Crippen LogP contribution in [0, 0.1) is 0 Å². The molecule has 1 unspecified atom stereocenters. The Morgan fingerprint density at radius 3 is 0.857 bits per heavy atom. The highest BCUT2D eigenvalue weighted by Crippen LogP contribution is 2.13. The van der Waals surface area contributed by atoms with E-state index in [4.69, 9.17) is 14.2 Å². The second-order valence-corrected chi connectivity index (χ2v) is 19.8. The van der Waals surface area contributed by atoms with E-state index in [0.29, 0.717) is 12.8 Å². The Kier molecular flexibility index (Phi) is 59.5. The van der Waals surface area contributed by atoms with Crippen LogP contribution >= 0.6 is 0 Å². The van der Waals surface area contributed by atoms with Gasteiger partial charge in [-0.15, -0.1) is 0 Å². The molecule has 432 valence electrons. The SMILES string of the molecule is CC/C=C\C/C=C\C/C=C\C/C=C\C/C=C\C/C=C\C/C=C\C/C=C\C/C=C\CCCC(=O)OCC(COC(=O)CCCCCCC/C=C\CCCCCCCC)OC(=O)CCCCCCC/C=C\C/C=C\C/C=C\CC.